The van der Waals surface area contributed by atoms with Gasteiger partial charge >= 0.3 is 0 Å². The molecule has 0 aliphatic carbocycles. The van der Waals surface area contributed by atoms with Gasteiger partial charge in [-0.25, -0.2) is 13.8 Å². The van der Waals surface area contributed by atoms with Crippen molar-refractivity contribution < 1.29 is 23.1 Å². The average Bonchev–Trinajstić information content (AvgIpc) is 3.20. The minimum absolute atomic E-state index is 0.0724. The number of H-pyrrole nitrogens is 1. The zero-order valence-electron chi connectivity index (χ0n) is 12.2. The number of nitrogens with zero attached hydrogens (tertiary/aromatic N) is 2. The molecule has 0 radical (unpaired) electrons. The molecule has 122 valence electrons. The summed E-state index contributed by atoms with van der Waals surface area (Å²) in [5, 5.41) is 15.8. The second-order valence-corrected chi connectivity index (χ2v) is 4.90. The van der Waals surface area contributed by atoms with Crippen molar-refractivity contribution in [2.24, 2.45) is 0 Å². The monoisotopic (exact) mass is 331 g/mol. The Bertz CT molecular complexity index is 884. The fourth-order valence-electron chi connectivity index (χ4n) is 2.14. The molecule has 2 aromatic heterocycles. The van der Waals surface area contributed by atoms with Crippen LogP contribution < -0.4 is 0 Å². The lowest BCUT2D eigenvalue weighted by atomic mass is 10.0. The van der Waals surface area contributed by atoms with Gasteiger partial charge in [-0.05, 0) is 17.7 Å². The highest BCUT2D eigenvalue weighted by atomic mass is 19.1. The maximum absolute atomic E-state index is 13.9. The summed E-state index contributed by atoms with van der Waals surface area (Å²) in [5.41, 5.74) is 0.336. The van der Waals surface area contributed by atoms with Gasteiger partial charge in [-0.3, -0.25) is 9.89 Å². The van der Waals surface area contributed by atoms with Crippen molar-refractivity contribution in [2.75, 3.05) is 0 Å². The van der Waals surface area contributed by atoms with E-state index in [1.165, 1.54) is 30.6 Å². The summed E-state index contributed by atoms with van der Waals surface area (Å²) in [6, 6.07) is 5.52. The van der Waals surface area contributed by atoms with Gasteiger partial charge in [-0.1, -0.05) is 12.1 Å². The number of ketones is 1. The van der Waals surface area contributed by atoms with Crippen LogP contribution >= 0.6 is 0 Å². The molecular weight excluding hydrogens is 320 g/mol. The first-order valence-electron chi connectivity index (χ1n) is 6.86. The highest BCUT2D eigenvalue weighted by Gasteiger charge is 2.21. The Balaban J connectivity index is 1.88. The lowest BCUT2D eigenvalue weighted by Gasteiger charge is -2.01. The van der Waals surface area contributed by atoms with Crippen LogP contribution in [0.25, 0.3) is 5.76 Å². The Hall–Kier alpha value is -3.29. The third-order valence-electron chi connectivity index (χ3n) is 3.26. The number of nitrogens with one attached hydrogen (secondary N) is 1. The molecule has 0 fully saturated rings. The molecule has 1 aromatic carbocycles. The second kappa shape index (κ2) is 6.45. The topological polar surface area (TPSA) is 92.0 Å². The van der Waals surface area contributed by atoms with Crippen LogP contribution in [0.15, 0.2) is 47.3 Å². The number of hydrogen-bond acceptors (Lipinski definition) is 5. The third-order valence-corrected chi connectivity index (χ3v) is 3.26. The van der Waals surface area contributed by atoms with Crippen molar-refractivity contribution in [3.63, 3.8) is 0 Å². The van der Waals surface area contributed by atoms with Crippen molar-refractivity contribution in [3.8, 4) is 0 Å². The van der Waals surface area contributed by atoms with Crippen LogP contribution in [0.2, 0.25) is 0 Å². The zero-order chi connectivity index (χ0) is 17.1. The molecule has 0 unspecified atom stereocenters. The van der Waals surface area contributed by atoms with Crippen LogP contribution in [0.1, 0.15) is 27.5 Å². The first kappa shape index (κ1) is 15.6. The number of aromatic amines is 1. The predicted molar refractivity (Wildman–Crippen MR) is 79.2 cm³/mol. The number of aliphatic hydroxyl groups excluding tert-OH is 1. The fraction of sp³-hybridized carbons (Fsp3) is 0.0625. The Morgan fingerprint density at radius 3 is 2.71 bits per heavy atom. The minimum Gasteiger partial charge on any atom is -0.504 e. The highest BCUT2D eigenvalue weighted by molar-refractivity contribution is 6.08. The first-order chi connectivity index (χ1) is 11.5. The van der Waals surface area contributed by atoms with Crippen LogP contribution in [0, 0.1) is 11.6 Å². The molecule has 0 spiro atoms. The number of carbonyl (C=O) groups is 1. The minimum atomic E-state index is -0.851. The number of furan rings is 1. The molecule has 2 N–H and O–H groups in total. The summed E-state index contributed by atoms with van der Waals surface area (Å²) in [4.78, 5) is 15.9. The SMILES string of the molecule is O=C(C=C(O)c1nc[nH]n1)c1c(F)coc1Cc1ccc(F)cc1. The van der Waals surface area contributed by atoms with Gasteiger partial charge in [0.05, 0.1) is 5.56 Å². The summed E-state index contributed by atoms with van der Waals surface area (Å²) >= 11 is 0. The average molecular weight is 331 g/mol. The molecule has 0 aliphatic heterocycles. The van der Waals surface area contributed by atoms with Gasteiger partial charge in [0.1, 0.15) is 24.2 Å². The first-order valence-corrected chi connectivity index (χ1v) is 6.86. The smallest absolute Gasteiger partial charge is 0.215 e. The summed E-state index contributed by atoms with van der Waals surface area (Å²) in [7, 11) is 0. The summed E-state index contributed by atoms with van der Waals surface area (Å²) < 4.78 is 31.9. The molecule has 0 saturated carbocycles. The van der Waals surface area contributed by atoms with Crippen molar-refractivity contribution in [1.29, 1.82) is 0 Å². The maximum atomic E-state index is 13.9. The Labute approximate surface area is 134 Å². The lowest BCUT2D eigenvalue weighted by Crippen LogP contribution is -2.03. The number of aromatic nitrogens is 3. The van der Waals surface area contributed by atoms with E-state index in [1.54, 1.807) is 0 Å². The van der Waals surface area contributed by atoms with Crippen molar-refractivity contribution in [3.05, 3.63) is 77.3 Å². The molecule has 0 bridgehead atoms. The van der Waals surface area contributed by atoms with Crippen molar-refractivity contribution in [2.45, 2.75) is 6.42 Å². The number of allylic oxidation sites excluding steroid dienone is 1. The quantitative estimate of drug-likeness (QED) is 0.426. The zero-order valence-corrected chi connectivity index (χ0v) is 12.2. The van der Waals surface area contributed by atoms with Crippen molar-refractivity contribution in [1.82, 2.24) is 15.2 Å². The van der Waals surface area contributed by atoms with Gasteiger partial charge in [-0.2, -0.15) is 5.10 Å². The van der Waals surface area contributed by atoms with Crippen LogP contribution in [0.4, 0.5) is 8.78 Å². The number of halogens is 2. The molecule has 0 atom stereocenters. The fourth-order valence-corrected chi connectivity index (χ4v) is 2.14. The highest BCUT2D eigenvalue weighted by Crippen LogP contribution is 2.22. The van der Waals surface area contributed by atoms with Gasteiger partial charge in [0.15, 0.2) is 17.4 Å². The van der Waals surface area contributed by atoms with E-state index in [-0.39, 0.29) is 23.6 Å². The molecule has 6 nitrogen and oxygen atoms in total. The number of benzene rings is 1. The number of carbonyl (C=O) groups excluding carboxylic acids is 1. The molecule has 24 heavy (non-hydrogen) atoms. The van der Waals surface area contributed by atoms with E-state index in [4.69, 9.17) is 4.42 Å². The maximum Gasteiger partial charge on any atom is 0.215 e. The van der Waals surface area contributed by atoms with Crippen LogP contribution in [-0.2, 0) is 6.42 Å². The van der Waals surface area contributed by atoms with Gasteiger partial charge < -0.3 is 9.52 Å². The van der Waals surface area contributed by atoms with E-state index in [0.29, 0.717) is 5.56 Å². The molecule has 3 aromatic rings. The molecule has 2 heterocycles. The summed E-state index contributed by atoms with van der Waals surface area (Å²) in [6.07, 6.45) is 2.94. The van der Waals surface area contributed by atoms with Crippen LogP contribution in [0.3, 0.4) is 0 Å². The van der Waals surface area contributed by atoms with Gasteiger partial charge in [0.25, 0.3) is 0 Å². The largest absolute Gasteiger partial charge is 0.504 e. The molecular formula is C16H11F2N3O3. The normalized spacial score (nSPS) is 11.7. The predicted octanol–water partition coefficient (Wildman–Crippen LogP) is 3.05. The molecule has 0 saturated heterocycles. The van der Waals surface area contributed by atoms with E-state index in [1.807, 2.05) is 0 Å². The Kier molecular flexibility index (Phi) is 4.19. The van der Waals surface area contributed by atoms with Gasteiger partial charge in [-0.15, -0.1) is 0 Å². The number of aliphatic hydroxyl groups is 1. The van der Waals surface area contributed by atoms with Gasteiger partial charge in [0.2, 0.25) is 5.82 Å². The molecule has 3 rings (SSSR count). The molecule has 0 amide bonds. The Morgan fingerprint density at radius 1 is 1.29 bits per heavy atom. The third kappa shape index (κ3) is 3.22. The molecule has 0 aliphatic rings. The van der Waals surface area contributed by atoms with E-state index in [0.717, 1.165) is 12.3 Å². The summed E-state index contributed by atoms with van der Waals surface area (Å²) in [6.45, 7) is 0. The second-order valence-electron chi connectivity index (χ2n) is 4.90. The van der Waals surface area contributed by atoms with Crippen LogP contribution in [0.5, 0.6) is 0 Å². The molecule has 8 heteroatoms. The lowest BCUT2D eigenvalue weighted by molar-refractivity contribution is 0.104. The summed E-state index contributed by atoms with van der Waals surface area (Å²) in [5.74, 6) is -2.57. The van der Waals surface area contributed by atoms with E-state index >= 15 is 0 Å². The van der Waals surface area contributed by atoms with Crippen LogP contribution in [-0.4, -0.2) is 26.1 Å². The van der Waals surface area contributed by atoms with Crippen molar-refractivity contribution >= 4 is 11.5 Å². The van der Waals surface area contributed by atoms with E-state index < -0.39 is 23.2 Å². The van der Waals surface area contributed by atoms with Gasteiger partial charge in [0, 0.05) is 12.5 Å². The van der Waals surface area contributed by atoms with E-state index in [2.05, 4.69) is 15.2 Å². The number of hydrogen-bond donors (Lipinski definition) is 2. The standard InChI is InChI=1S/C16H11F2N3O3/c17-10-3-1-9(2-4-10)5-14-15(11(18)7-24-14)12(22)6-13(23)16-19-8-20-21-16/h1-4,6-8,23H,5H2,(H,19,20,21). The van der Waals surface area contributed by atoms with E-state index in [9.17, 15) is 18.7 Å². The Morgan fingerprint density at radius 2 is 2.04 bits per heavy atom. The number of rotatable bonds is 5.